The molecular weight excluding hydrogens is 260 g/mol. The van der Waals surface area contributed by atoms with Crippen LogP contribution in [0.3, 0.4) is 0 Å². The number of hydrogen-bond donors (Lipinski definition) is 1. The van der Waals surface area contributed by atoms with Gasteiger partial charge in [0.05, 0.1) is 0 Å². The van der Waals surface area contributed by atoms with Crippen molar-refractivity contribution in [2.45, 2.75) is 39.7 Å². The van der Waals surface area contributed by atoms with E-state index in [2.05, 4.69) is 50.1 Å². The van der Waals surface area contributed by atoms with Gasteiger partial charge in [0.2, 0.25) is 0 Å². The van der Waals surface area contributed by atoms with Crippen molar-refractivity contribution < 1.29 is 4.74 Å². The smallest absolute Gasteiger partial charge is 0.135 e. The molecule has 0 unspecified atom stereocenters. The zero-order valence-electron chi connectivity index (χ0n) is 13.3. The Kier molecular flexibility index (Phi) is 4.97. The number of pyridine rings is 1. The second-order valence-corrected chi connectivity index (χ2v) is 6.11. The molecule has 1 aromatic heterocycles. The second kappa shape index (κ2) is 6.72. The fraction of sp³-hybridized carbons (Fsp3) is 0.389. The van der Waals surface area contributed by atoms with Crippen molar-refractivity contribution in [3.63, 3.8) is 0 Å². The van der Waals surface area contributed by atoms with Gasteiger partial charge in [-0.05, 0) is 24.1 Å². The fourth-order valence-corrected chi connectivity index (χ4v) is 2.20. The van der Waals surface area contributed by atoms with Gasteiger partial charge in [-0.3, -0.25) is 4.98 Å². The van der Waals surface area contributed by atoms with E-state index < -0.39 is 0 Å². The van der Waals surface area contributed by atoms with Gasteiger partial charge in [-0.1, -0.05) is 45.9 Å². The summed E-state index contributed by atoms with van der Waals surface area (Å²) in [5, 5.41) is 3.32. The number of nitrogens with zero attached hydrogens (tertiary/aromatic N) is 1. The van der Waals surface area contributed by atoms with E-state index in [1.165, 1.54) is 5.56 Å². The third-order valence-corrected chi connectivity index (χ3v) is 3.34. The van der Waals surface area contributed by atoms with Crippen molar-refractivity contribution in [2.75, 3.05) is 6.54 Å². The quantitative estimate of drug-likeness (QED) is 0.889. The highest BCUT2D eigenvalue weighted by molar-refractivity contribution is 5.43. The highest BCUT2D eigenvalue weighted by atomic mass is 16.5. The Balaban J connectivity index is 2.31. The van der Waals surface area contributed by atoms with Gasteiger partial charge in [-0.15, -0.1) is 0 Å². The first kappa shape index (κ1) is 15.5. The molecule has 0 aliphatic carbocycles. The summed E-state index contributed by atoms with van der Waals surface area (Å²) < 4.78 is 6.18. The van der Waals surface area contributed by atoms with Crippen LogP contribution in [0.1, 0.15) is 38.8 Å². The molecule has 3 nitrogen and oxygen atoms in total. The van der Waals surface area contributed by atoms with Gasteiger partial charge in [0.1, 0.15) is 11.5 Å². The van der Waals surface area contributed by atoms with Crippen molar-refractivity contribution in [3.05, 3.63) is 53.9 Å². The van der Waals surface area contributed by atoms with Crippen LogP contribution in [0.4, 0.5) is 0 Å². The standard InChI is InChI=1S/C18H24N2O/c1-5-19-12-14-13-20-11-10-16(14)21-17-9-7-6-8-15(17)18(2,3)4/h6-11,13,19H,5,12H2,1-4H3. The molecule has 0 atom stereocenters. The minimum absolute atomic E-state index is 0.0471. The molecule has 0 saturated heterocycles. The summed E-state index contributed by atoms with van der Waals surface area (Å²) in [6.07, 6.45) is 3.63. The maximum atomic E-state index is 6.18. The minimum atomic E-state index is 0.0471. The van der Waals surface area contributed by atoms with Gasteiger partial charge in [-0.25, -0.2) is 0 Å². The third kappa shape index (κ3) is 4.05. The Morgan fingerprint density at radius 3 is 2.57 bits per heavy atom. The molecule has 21 heavy (non-hydrogen) atoms. The predicted octanol–water partition coefficient (Wildman–Crippen LogP) is 4.28. The first-order valence-electron chi connectivity index (χ1n) is 7.43. The number of nitrogens with one attached hydrogen (secondary N) is 1. The molecule has 0 radical (unpaired) electrons. The van der Waals surface area contributed by atoms with Crippen LogP contribution in [0.5, 0.6) is 11.5 Å². The SMILES string of the molecule is CCNCc1cnccc1Oc1ccccc1C(C)(C)C. The average Bonchev–Trinajstić information content (AvgIpc) is 2.46. The minimum Gasteiger partial charge on any atom is -0.457 e. The summed E-state index contributed by atoms with van der Waals surface area (Å²) in [5.41, 5.74) is 2.32. The lowest BCUT2D eigenvalue weighted by molar-refractivity contribution is 0.448. The summed E-state index contributed by atoms with van der Waals surface area (Å²) >= 11 is 0. The van der Waals surface area contributed by atoms with E-state index >= 15 is 0 Å². The highest BCUT2D eigenvalue weighted by Gasteiger charge is 2.19. The van der Waals surface area contributed by atoms with Crippen LogP contribution in [0.2, 0.25) is 0 Å². The fourth-order valence-electron chi connectivity index (χ4n) is 2.20. The largest absolute Gasteiger partial charge is 0.457 e. The molecule has 1 N–H and O–H groups in total. The summed E-state index contributed by atoms with van der Waals surface area (Å²) in [6.45, 7) is 10.4. The molecule has 0 fully saturated rings. The van der Waals surface area contributed by atoms with Crippen molar-refractivity contribution in [3.8, 4) is 11.5 Å². The van der Waals surface area contributed by atoms with Crippen molar-refractivity contribution in [2.24, 2.45) is 0 Å². The molecular formula is C18H24N2O. The molecule has 0 aliphatic heterocycles. The van der Waals surface area contributed by atoms with Gasteiger partial charge < -0.3 is 10.1 Å². The lowest BCUT2D eigenvalue weighted by Crippen LogP contribution is -2.14. The molecule has 2 rings (SSSR count). The van der Waals surface area contributed by atoms with Crippen LogP contribution in [0.25, 0.3) is 0 Å². The van der Waals surface area contributed by atoms with E-state index in [1.807, 2.05) is 24.4 Å². The number of rotatable bonds is 5. The Bertz CT molecular complexity index is 588. The zero-order valence-corrected chi connectivity index (χ0v) is 13.3. The van der Waals surface area contributed by atoms with Crippen LogP contribution in [0.15, 0.2) is 42.7 Å². The van der Waals surface area contributed by atoms with E-state index in [-0.39, 0.29) is 5.41 Å². The van der Waals surface area contributed by atoms with Crippen LogP contribution >= 0.6 is 0 Å². The van der Waals surface area contributed by atoms with Crippen LogP contribution < -0.4 is 10.1 Å². The Hall–Kier alpha value is -1.87. The van der Waals surface area contributed by atoms with Gasteiger partial charge in [0, 0.05) is 30.1 Å². The van der Waals surface area contributed by atoms with Gasteiger partial charge in [-0.2, -0.15) is 0 Å². The van der Waals surface area contributed by atoms with Gasteiger partial charge >= 0.3 is 0 Å². The summed E-state index contributed by atoms with van der Waals surface area (Å²) in [7, 11) is 0. The average molecular weight is 284 g/mol. The lowest BCUT2D eigenvalue weighted by Gasteiger charge is -2.23. The molecule has 0 aliphatic rings. The Morgan fingerprint density at radius 2 is 1.86 bits per heavy atom. The van der Waals surface area contributed by atoms with Crippen LogP contribution in [-0.2, 0) is 12.0 Å². The molecule has 0 spiro atoms. The maximum Gasteiger partial charge on any atom is 0.135 e. The van der Waals surface area contributed by atoms with Crippen molar-refractivity contribution in [1.29, 1.82) is 0 Å². The Morgan fingerprint density at radius 1 is 1.10 bits per heavy atom. The molecule has 1 heterocycles. The van der Waals surface area contributed by atoms with E-state index in [4.69, 9.17) is 4.74 Å². The predicted molar refractivity (Wildman–Crippen MR) is 86.8 cm³/mol. The second-order valence-electron chi connectivity index (χ2n) is 6.11. The first-order valence-corrected chi connectivity index (χ1v) is 7.43. The summed E-state index contributed by atoms with van der Waals surface area (Å²) in [6, 6.07) is 10.1. The van der Waals surface area contributed by atoms with Gasteiger partial charge in [0.25, 0.3) is 0 Å². The third-order valence-electron chi connectivity index (χ3n) is 3.34. The summed E-state index contributed by atoms with van der Waals surface area (Å²) in [5.74, 6) is 1.77. The lowest BCUT2D eigenvalue weighted by atomic mass is 9.86. The van der Waals surface area contributed by atoms with E-state index in [1.54, 1.807) is 6.20 Å². The van der Waals surface area contributed by atoms with E-state index in [0.29, 0.717) is 0 Å². The topological polar surface area (TPSA) is 34.2 Å². The normalized spacial score (nSPS) is 11.4. The molecule has 3 heteroatoms. The highest BCUT2D eigenvalue weighted by Crippen LogP contribution is 2.34. The monoisotopic (exact) mass is 284 g/mol. The number of benzene rings is 1. The van der Waals surface area contributed by atoms with Crippen molar-refractivity contribution >= 4 is 0 Å². The molecule has 112 valence electrons. The van der Waals surface area contributed by atoms with Crippen LogP contribution in [0, 0.1) is 0 Å². The molecule has 1 aromatic carbocycles. The molecule has 0 amide bonds. The van der Waals surface area contributed by atoms with E-state index in [9.17, 15) is 0 Å². The number of hydrogen-bond acceptors (Lipinski definition) is 3. The number of ether oxygens (including phenoxy) is 1. The number of aromatic nitrogens is 1. The van der Waals surface area contributed by atoms with Crippen LogP contribution in [-0.4, -0.2) is 11.5 Å². The molecule has 2 aromatic rings. The van der Waals surface area contributed by atoms with E-state index in [0.717, 1.165) is 30.2 Å². The van der Waals surface area contributed by atoms with Gasteiger partial charge in [0.15, 0.2) is 0 Å². The molecule has 0 bridgehead atoms. The first-order chi connectivity index (χ1) is 10.0. The summed E-state index contributed by atoms with van der Waals surface area (Å²) in [4.78, 5) is 4.19. The molecule has 0 saturated carbocycles. The van der Waals surface area contributed by atoms with Crippen molar-refractivity contribution in [1.82, 2.24) is 10.3 Å². The number of para-hydroxylation sites is 1. The zero-order chi connectivity index (χ0) is 15.3. The maximum absolute atomic E-state index is 6.18. The Labute approximate surface area is 127 Å².